The van der Waals surface area contributed by atoms with Gasteiger partial charge in [-0.1, -0.05) is 6.92 Å². The van der Waals surface area contributed by atoms with E-state index in [1.807, 2.05) is 0 Å². The van der Waals surface area contributed by atoms with Crippen LogP contribution in [-0.2, 0) is 4.74 Å². The number of nitrogens with two attached hydrogens (primary N) is 1. The lowest BCUT2D eigenvalue weighted by Gasteiger charge is -2.25. The topological polar surface area (TPSA) is 41.7 Å². The monoisotopic (exact) mass is 231 g/mol. The average molecular weight is 231 g/mol. The van der Waals surface area contributed by atoms with Gasteiger partial charge in [-0.05, 0) is 33.5 Å². The standard InChI is InChI=1S/C12H29N3O/c1-5-7-15(10-9-14(2)3)8-6-12(11-13)16-4/h12H,5-11,13H2,1-4H3. The summed E-state index contributed by atoms with van der Waals surface area (Å²) < 4.78 is 5.29. The fourth-order valence-corrected chi connectivity index (χ4v) is 1.65. The summed E-state index contributed by atoms with van der Waals surface area (Å²) in [5.41, 5.74) is 5.61. The van der Waals surface area contributed by atoms with E-state index in [1.54, 1.807) is 7.11 Å². The molecule has 0 rings (SSSR count). The van der Waals surface area contributed by atoms with Gasteiger partial charge in [0, 0.05) is 33.3 Å². The third-order valence-corrected chi connectivity index (χ3v) is 2.77. The number of ether oxygens (including phenoxy) is 1. The van der Waals surface area contributed by atoms with Gasteiger partial charge in [0.2, 0.25) is 0 Å². The number of methoxy groups -OCH3 is 1. The van der Waals surface area contributed by atoms with Gasteiger partial charge >= 0.3 is 0 Å². The minimum absolute atomic E-state index is 0.207. The normalized spacial score (nSPS) is 13.7. The SMILES string of the molecule is CCCN(CCC(CN)OC)CCN(C)C. The molecule has 0 bridgehead atoms. The predicted octanol–water partition coefficient (Wildman–Crippen LogP) is 0.624. The third kappa shape index (κ3) is 8.05. The zero-order chi connectivity index (χ0) is 12.4. The van der Waals surface area contributed by atoms with Gasteiger partial charge in [0.25, 0.3) is 0 Å². The molecule has 0 radical (unpaired) electrons. The van der Waals surface area contributed by atoms with Gasteiger partial charge in [-0.15, -0.1) is 0 Å². The Morgan fingerprint density at radius 1 is 1.12 bits per heavy atom. The minimum atomic E-state index is 0.207. The van der Waals surface area contributed by atoms with Crippen LogP contribution in [-0.4, -0.2) is 69.8 Å². The lowest BCUT2D eigenvalue weighted by atomic mass is 10.2. The minimum Gasteiger partial charge on any atom is -0.380 e. The number of nitrogens with zero attached hydrogens (tertiary/aromatic N) is 2. The smallest absolute Gasteiger partial charge is 0.0705 e. The van der Waals surface area contributed by atoms with E-state index in [0.717, 1.165) is 32.6 Å². The summed E-state index contributed by atoms with van der Waals surface area (Å²) in [5.74, 6) is 0. The van der Waals surface area contributed by atoms with E-state index in [0.29, 0.717) is 6.54 Å². The Labute approximate surface area is 101 Å². The first-order valence-corrected chi connectivity index (χ1v) is 6.24. The molecule has 0 aromatic carbocycles. The number of rotatable bonds is 10. The fourth-order valence-electron chi connectivity index (χ4n) is 1.65. The lowest BCUT2D eigenvalue weighted by molar-refractivity contribution is 0.0883. The molecule has 0 heterocycles. The maximum absolute atomic E-state index is 5.61. The molecule has 0 aliphatic rings. The molecule has 1 atom stereocenters. The maximum atomic E-state index is 5.61. The third-order valence-electron chi connectivity index (χ3n) is 2.77. The van der Waals surface area contributed by atoms with Gasteiger partial charge in [-0.3, -0.25) is 0 Å². The molecule has 0 saturated heterocycles. The van der Waals surface area contributed by atoms with Crippen molar-refractivity contribution in [3.63, 3.8) is 0 Å². The molecular weight excluding hydrogens is 202 g/mol. The van der Waals surface area contributed by atoms with Crippen LogP contribution in [0.25, 0.3) is 0 Å². The van der Waals surface area contributed by atoms with Gasteiger partial charge in [-0.2, -0.15) is 0 Å². The van der Waals surface area contributed by atoms with Gasteiger partial charge in [0.1, 0.15) is 0 Å². The molecule has 0 saturated carbocycles. The Kier molecular flexibility index (Phi) is 9.92. The molecule has 16 heavy (non-hydrogen) atoms. The van der Waals surface area contributed by atoms with Crippen LogP contribution in [0.3, 0.4) is 0 Å². The van der Waals surface area contributed by atoms with Crippen LogP contribution in [0.4, 0.5) is 0 Å². The Hall–Kier alpha value is -0.160. The first-order valence-electron chi connectivity index (χ1n) is 6.24. The average Bonchev–Trinajstić information content (AvgIpc) is 2.26. The highest BCUT2D eigenvalue weighted by atomic mass is 16.5. The molecule has 98 valence electrons. The molecule has 4 heteroatoms. The molecule has 0 spiro atoms. The molecule has 0 aromatic heterocycles. The van der Waals surface area contributed by atoms with Crippen LogP contribution in [0, 0.1) is 0 Å². The van der Waals surface area contributed by atoms with Crippen molar-refractivity contribution in [1.29, 1.82) is 0 Å². The summed E-state index contributed by atoms with van der Waals surface area (Å²) in [6, 6.07) is 0. The van der Waals surface area contributed by atoms with Crippen molar-refractivity contribution in [2.45, 2.75) is 25.9 Å². The van der Waals surface area contributed by atoms with Crippen molar-refractivity contribution < 1.29 is 4.74 Å². The largest absolute Gasteiger partial charge is 0.380 e. The number of likely N-dealkylation sites (N-methyl/N-ethyl adjacent to an activating group) is 1. The summed E-state index contributed by atoms with van der Waals surface area (Å²) in [4.78, 5) is 4.71. The van der Waals surface area contributed by atoms with E-state index in [9.17, 15) is 0 Å². The first kappa shape index (κ1) is 15.8. The molecule has 0 amide bonds. The highest BCUT2D eigenvalue weighted by Crippen LogP contribution is 2.00. The van der Waals surface area contributed by atoms with Crippen molar-refractivity contribution >= 4 is 0 Å². The molecule has 4 nitrogen and oxygen atoms in total. The van der Waals surface area contributed by atoms with Crippen molar-refractivity contribution in [2.75, 3.05) is 53.9 Å². The van der Waals surface area contributed by atoms with Gasteiger partial charge in [0.05, 0.1) is 6.10 Å². The van der Waals surface area contributed by atoms with Crippen LogP contribution in [0.15, 0.2) is 0 Å². The summed E-state index contributed by atoms with van der Waals surface area (Å²) in [7, 11) is 5.96. The Balaban J connectivity index is 3.82. The molecular formula is C12H29N3O. The Bertz CT molecular complexity index is 149. The van der Waals surface area contributed by atoms with Gasteiger partial charge in [-0.25, -0.2) is 0 Å². The van der Waals surface area contributed by atoms with E-state index in [2.05, 4.69) is 30.8 Å². The molecule has 0 aliphatic heterocycles. The number of hydrogen-bond donors (Lipinski definition) is 1. The molecule has 0 aliphatic carbocycles. The summed E-state index contributed by atoms with van der Waals surface area (Å²) in [6.45, 7) is 7.32. The zero-order valence-corrected chi connectivity index (χ0v) is 11.4. The summed E-state index contributed by atoms with van der Waals surface area (Å²) >= 11 is 0. The van der Waals surface area contributed by atoms with E-state index < -0.39 is 0 Å². The molecule has 0 aromatic rings. The zero-order valence-electron chi connectivity index (χ0n) is 11.4. The van der Waals surface area contributed by atoms with Crippen molar-refractivity contribution in [3.05, 3.63) is 0 Å². The van der Waals surface area contributed by atoms with E-state index in [4.69, 9.17) is 10.5 Å². The second-order valence-corrected chi connectivity index (χ2v) is 4.53. The second kappa shape index (κ2) is 10.0. The van der Waals surface area contributed by atoms with E-state index in [1.165, 1.54) is 6.42 Å². The van der Waals surface area contributed by atoms with E-state index in [-0.39, 0.29) is 6.10 Å². The maximum Gasteiger partial charge on any atom is 0.0705 e. The predicted molar refractivity (Wildman–Crippen MR) is 69.8 cm³/mol. The fraction of sp³-hybridized carbons (Fsp3) is 1.00. The Morgan fingerprint density at radius 2 is 1.81 bits per heavy atom. The summed E-state index contributed by atoms with van der Waals surface area (Å²) in [5, 5.41) is 0. The quantitative estimate of drug-likeness (QED) is 0.598. The lowest BCUT2D eigenvalue weighted by Crippen LogP contribution is -2.35. The Morgan fingerprint density at radius 3 is 2.25 bits per heavy atom. The summed E-state index contributed by atoms with van der Waals surface area (Å²) in [6.07, 6.45) is 2.44. The second-order valence-electron chi connectivity index (χ2n) is 4.53. The highest BCUT2D eigenvalue weighted by molar-refractivity contribution is 4.65. The van der Waals surface area contributed by atoms with Crippen LogP contribution in [0.1, 0.15) is 19.8 Å². The van der Waals surface area contributed by atoms with Crippen LogP contribution in [0.2, 0.25) is 0 Å². The number of hydrogen-bond acceptors (Lipinski definition) is 4. The van der Waals surface area contributed by atoms with Crippen molar-refractivity contribution in [1.82, 2.24) is 9.80 Å². The molecule has 1 unspecified atom stereocenters. The van der Waals surface area contributed by atoms with Gasteiger partial charge < -0.3 is 20.3 Å². The molecule has 0 fully saturated rings. The van der Waals surface area contributed by atoms with Crippen molar-refractivity contribution in [2.24, 2.45) is 5.73 Å². The first-order chi connectivity index (χ1) is 7.63. The van der Waals surface area contributed by atoms with Gasteiger partial charge in [0.15, 0.2) is 0 Å². The van der Waals surface area contributed by atoms with Crippen LogP contribution < -0.4 is 5.73 Å². The van der Waals surface area contributed by atoms with Crippen LogP contribution in [0.5, 0.6) is 0 Å². The van der Waals surface area contributed by atoms with Crippen molar-refractivity contribution in [3.8, 4) is 0 Å². The molecule has 2 N–H and O–H groups in total. The highest BCUT2D eigenvalue weighted by Gasteiger charge is 2.09. The van der Waals surface area contributed by atoms with Crippen LogP contribution >= 0.6 is 0 Å². The van der Waals surface area contributed by atoms with E-state index >= 15 is 0 Å².